The topological polar surface area (TPSA) is 90.5 Å². The lowest BCUT2D eigenvalue weighted by Gasteiger charge is -2.34. The number of carbonyl (C=O) groups excluding carboxylic acids is 3. The van der Waals surface area contributed by atoms with E-state index in [1.54, 1.807) is 11.8 Å². The summed E-state index contributed by atoms with van der Waals surface area (Å²) in [5, 5.41) is 6.31. The van der Waals surface area contributed by atoms with E-state index < -0.39 is 42.5 Å². The van der Waals surface area contributed by atoms with Gasteiger partial charge in [0.1, 0.15) is 6.54 Å². The normalized spacial score (nSPS) is 18.1. The monoisotopic (exact) mass is 338 g/mol. The van der Waals surface area contributed by atoms with E-state index >= 15 is 0 Å². The van der Waals surface area contributed by atoms with Crippen LogP contribution < -0.4 is 16.0 Å². The van der Waals surface area contributed by atoms with E-state index in [1.165, 1.54) is 7.05 Å². The third kappa shape index (κ3) is 6.43. The van der Waals surface area contributed by atoms with Gasteiger partial charge in [0, 0.05) is 13.0 Å². The number of likely N-dealkylation sites (tertiary alicyclic amines) is 1. The fourth-order valence-corrected chi connectivity index (χ4v) is 2.33. The van der Waals surface area contributed by atoms with E-state index in [0.29, 0.717) is 25.9 Å². The van der Waals surface area contributed by atoms with Crippen LogP contribution in [-0.2, 0) is 9.59 Å². The Morgan fingerprint density at radius 3 is 2.26 bits per heavy atom. The SMILES string of the molecule is CNC(=O)NC(=O)[C@@H](C)N1CCC(C(=O)NCC(F)(F)F)CC1. The molecule has 0 aliphatic carbocycles. The van der Waals surface area contributed by atoms with Gasteiger partial charge in [-0.2, -0.15) is 13.2 Å². The molecular weight excluding hydrogens is 317 g/mol. The van der Waals surface area contributed by atoms with Crippen molar-refractivity contribution in [3.8, 4) is 0 Å². The van der Waals surface area contributed by atoms with Gasteiger partial charge in [-0.3, -0.25) is 19.8 Å². The maximum Gasteiger partial charge on any atom is 0.405 e. The number of halogens is 3. The van der Waals surface area contributed by atoms with Gasteiger partial charge in [-0.1, -0.05) is 0 Å². The van der Waals surface area contributed by atoms with Gasteiger partial charge in [0.05, 0.1) is 6.04 Å². The summed E-state index contributed by atoms with van der Waals surface area (Å²) < 4.78 is 36.2. The molecular formula is C13H21F3N4O3. The summed E-state index contributed by atoms with van der Waals surface area (Å²) >= 11 is 0. The van der Waals surface area contributed by atoms with E-state index in [-0.39, 0.29) is 0 Å². The Hall–Kier alpha value is -1.84. The maximum absolute atomic E-state index is 12.1. The van der Waals surface area contributed by atoms with E-state index in [9.17, 15) is 27.6 Å². The van der Waals surface area contributed by atoms with Crippen molar-refractivity contribution in [2.24, 2.45) is 5.92 Å². The summed E-state index contributed by atoms with van der Waals surface area (Å²) in [5.74, 6) is -1.59. The van der Waals surface area contributed by atoms with Crippen molar-refractivity contribution in [1.29, 1.82) is 0 Å². The van der Waals surface area contributed by atoms with E-state index in [1.807, 2.05) is 5.32 Å². The smallest absolute Gasteiger partial charge is 0.347 e. The summed E-state index contributed by atoms with van der Waals surface area (Å²) in [6.07, 6.45) is -3.70. The first kappa shape index (κ1) is 19.2. The third-order valence-corrected chi connectivity index (χ3v) is 3.75. The molecule has 10 heteroatoms. The zero-order valence-corrected chi connectivity index (χ0v) is 13.0. The Morgan fingerprint density at radius 2 is 1.78 bits per heavy atom. The standard InChI is InChI=1S/C13H21F3N4O3/c1-8(10(21)19-12(23)17-2)20-5-3-9(4-6-20)11(22)18-7-13(14,15)16/h8-9H,3-7H2,1-2H3,(H,18,22)(H2,17,19,21,23)/t8-/m1/s1. The lowest BCUT2D eigenvalue weighted by Crippen LogP contribution is -2.52. The molecule has 23 heavy (non-hydrogen) atoms. The zero-order valence-electron chi connectivity index (χ0n) is 13.0. The average Bonchev–Trinajstić information content (AvgIpc) is 2.51. The van der Waals surface area contributed by atoms with Gasteiger partial charge >= 0.3 is 12.2 Å². The molecule has 1 rings (SSSR count). The molecule has 1 aliphatic rings. The highest BCUT2D eigenvalue weighted by Gasteiger charge is 2.32. The minimum atomic E-state index is -4.43. The molecule has 132 valence electrons. The molecule has 7 nitrogen and oxygen atoms in total. The maximum atomic E-state index is 12.1. The number of imide groups is 1. The Kier molecular flexibility index (Phi) is 6.79. The fraction of sp³-hybridized carbons (Fsp3) is 0.769. The van der Waals surface area contributed by atoms with Gasteiger partial charge in [0.25, 0.3) is 0 Å². The van der Waals surface area contributed by atoms with Gasteiger partial charge < -0.3 is 10.6 Å². The molecule has 0 aromatic carbocycles. The first-order chi connectivity index (χ1) is 10.6. The van der Waals surface area contributed by atoms with Crippen LogP contribution in [0, 0.1) is 5.92 Å². The van der Waals surface area contributed by atoms with Gasteiger partial charge in [0.15, 0.2) is 0 Å². The highest BCUT2D eigenvalue weighted by Crippen LogP contribution is 2.20. The largest absolute Gasteiger partial charge is 0.405 e. The van der Waals surface area contributed by atoms with Crippen molar-refractivity contribution in [3.05, 3.63) is 0 Å². The minimum absolute atomic E-state index is 0.362. The Bertz CT molecular complexity index is 448. The quantitative estimate of drug-likeness (QED) is 0.684. The predicted octanol–water partition coefficient (Wildman–Crippen LogP) is 0.221. The number of hydrogen-bond acceptors (Lipinski definition) is 4. The van der Waals surface area contributed by atoms with E-state index in [4.69, 9.17) is 0 Å². The van der Waals surface area contributed by atoms with Gasteiger partial charge in [-0.15, -0.1) is 0 Å². The van der Waals surface area contributed by atoms with Crippen LogP contribution in [0.15, 0.2) is 0 Å². The van der Waals surface area contributed by atoms with Crippen molar-refractivity contribution in [2.45, 2.75) is 32.0 Å². The first-order valence-corrected chi connectivity index (χ1v) is 7.25. The minimum Gasteiger partial charge on any atom is -0.347 e. The Balaban J connectivity index is 2.41. The number of alkyl halides is 3. The van der Waals surface area contributed by atoms with Crippen molar-refractivity contribution >= 4 is 17.8 Å². The number of nitrogens with zero attached hydrogens (tertiary/aromatic N) is 1. The number of nitrogens with one attached hydrogen (secondary N) is 3. The van der Waals surface area contributed by atoms with Crippen molar-refractivity contribution < 1.29 is 27.6 Å². The molecule has 0 unspecified atom stereocenters. The van der Waals surface area contributed by atoms with Gasteiger partial charge in [0.2, 0.25) is 11.8 Å². The lowest BCUT2D eigenvalue weighted by molar-refractivity contribution is -0.142. The molecule has 0 aromatic rings. The van der Waals surface area contributed by atoms with Crippen molar-refractivity contribution in [3.63, 3.8) is 0 Å². The summed E-state index contributed by atoms with van der Waals surface area (Å²) in [6.45, 7) is 1.08. The van der Waals surface area contributed by atoms with Crippen LogP contribution in [0.5, 0.6) is 0 Å². The van der Waals surface area contributed by atoms with Crippen LogP contribution in [0.25, 0.3) is 0 Å². The second-order valence-corrected chi connectivity index (χ2v) is 5.39. The number of carbonyl (C=O) groups is 3. The lowest BCUT2D eigenvalue weighted by atomic mass is 9.95. The van der Waals surface area contributed by atoms with E-state index in [2.05, 4.69) is 10.6 Å². The summed E-state index contributed by atoms with van der Waals surface area (Å²) in [7, 11) is 1.39. The molecule has 1 atom stereocenters. The molecule has 0 saturated carbocycles. The molecule has 1 aliphatic heterocycles. The number of piperidine rings is 1. The van der Waals surface area contributed by atoms with Crippen LogP contribution in [0.2, 0.25) is 0 Å². The van der Waals surface area contributed by atoms with Gasteiger partial charge in [-0.25, -0.2) is 4.79 Å². The fourth-order valence-electron chi connectivity index (χ4n) is 2.33. The van der Waals surface area contributed by atoms with E-state index in [0.717, 1.165) is 0 Å². The summed E-state index contributed by atoms with van der Waals surface area (Å²) in [6, 6.07) is -1.17. The second-order valence-electron chi connectivity index (χ2n) is 5.39. The summed E-state index contributed by atoms with van der Waals surface area (Å²) in [5.41, 5.74) is 0. The second kappa shape index (κ2) is 8.14. The average molecular weight is 338 g/mol. The first-order valence-electron chi connectivity index (χ1n) is 7.25. The van der Waals surface area contributed by atoms with Crippen LogP contribution in [0.4, 0.5) is 18.0 Å². The number of amides is 4. The summed E-state index contributed by atoms with van der Waals surface area (Å²) in [4.78, 5) is 36.4. The highest BCUT2D eigenvalue weighted by molar-refractivity contribution is 5.96. The third-order valence-electron chi connectivity index (χ3n) is 3.75. The molecule has 1 fully saturated rings. The number of urea groups is 1. The Labute approximate surface area is 132 Å². The molecule has 3 N–H and O–H groups in total. The molecule has 0 aromatic heterocycles. The van der Waals surface area contributed by atoms with Crippen LogP contribution >= 0.6 is 0 Å². The van der Waals surface area contributed by atoms with Crippen molar-refractivity contribution in [2.75, 3.05) is 26.7 Å². The van der Waals surface area contributed by atoms with Crippen LogP contribution in [0.3, 0.4) is 0 Å². The molecule has 4 amide bonds. The molecule has 0 spiro atoms. The highest BCUT2D eigenvalue weighted by atomic mass is 19.4. The number of hydrogen-bond donors (Lipinski definition) is 3. The number of rotatable bonds is 4. The zero-order chi connectivity index (χ0) is 17.6. The molecule has 1 heterocycles. The molecule has 0 bridgehead atoms. The van der Waals surface area contributed by atoms with Crippen molar-refractivity contribution in [1.82, 2.24) is 20.9 Å². The predicted molar refractivity (Wildman–Crippen MR) is 75.4 cm³/mol. The molecule has 0 radical (unpaired) electrons. The molecule has 1 saturated heterocycles. The van der Waals surface area contributed by atoms with Crippen LogP contribution in [0.1, 0.15) is 19.8 Å². The van der Waals surface area contributed by atoms with Gasteiger partial charge in [-0.05, 0) is 32.9 Å². The van der Waals surface area contributed by atoms with Crippen LogP contribution in [-0.4, -0.2) is 61.6 Å². The Morgan fingerprint density at radius 1 is 1.22 bits per heavy atom.